The van der Waals surface area contributed by atoms with Gasteiger partial charge in [0.05, 0.1) is 0 Å². The van der Waals surface area contributed by atoms with E-state index < -0.39 is 0 Å². The van der Waals surface area contributed by atoms with E-state index >= 15 is 0 Å². The molecule has 0 fully saturated rings. The fraction of sp³-hybridized carbons (Fsp3) is 0.150. The van der Waals surface area contributed by atoms with Crippen LogP contribution in [0.15, 0.2) is 54.1 Å². The fourth-order valence-electron chi connectivity index (χ4n) is 3.39. The van der Waals surface area contributed by atoms with E-state index in [1.165, 1.54) is 27.8 Å². The molecule has 1 aromatic heterocycles. The van der Waals surface area contributed by atoms with Crippen LogP contribution in [0.4, 0.5) is 0 Å². The van der Waals surface area contributed by atoms with Crippen LogP contribution in [0.3, 0.4) is 0 Å². The Morgan fingerprint density at radius 3 is 2.44 bits per heavy atom. The van der Waals surface area contributed by atoms with Crippen LogP contribution in [0.25, 0.3) is 17.2 Å². The highest BCUT2D eigenvalue weighted by atomic mass is 35.5. The third-order valence-corrected chi connectivity index (χ3v) is 4.75. The van der Waals surface area contributed by atoms with Gasteiger partial charge in [-0.15, -0.1) is 5.10 Å². The highest BCUT2D eigenvalue weighted by Gasteiger charge is 2.25. The van der Waals surface area contributed by atoms with Gasteiger partial charge in [0.2, 0.25) is 0 Å². The van der Waals surface area contributed by atoms with Gasteiger partial charge in [0, 0.05) is 11.4 Å². The van der Waals surface area contributed by atoms with Crippen LogP contribution in [-0.4, -0.2) is 20.6 Å². The van der Waals surface area contributed by atoms with E-state index in [0.717, 1.165) is 22.8 Å². The molecule has 124 valence electrons. The number of hydrogen-bond donors (Lipinski definition) is 1. The number of nitrogens with zero attached hydrogens (tertiary/aromatic N) is 3. The van der Waals surface area contributed by atoms with Crippen LogP contribution in [-0.2, 0) is 6.42 Å². The van der Waals surface area contributed by atoms with Crippen LogP contribution in [0, 0.1) is 0 Å². The molecule has 0 bridgehead atoms. The minimum atomic E-state index is 0.700. The highest BCUT2D eigenvalue weighted by molar-refractivity contribution is 6.30. The minimum Gasteiger partial charge on any atom is -0.243 e. The first-order valence-electron chi connectivity index (χ1n) is 8.28. The van der Waals surface area contributed by atoms with Gasteiger partial charge in [-0.2, -0.15) is 0 Å². The van der Waals surface area contributed by atoms with Crippen LogP contribution >= 0.6 is 11.6 Å². The Kier molecular flexibility index (Phi) is 4.20. The molecule has 0 atom stereocenters. The van der Waals surface area contributed by atoms with E-state index in [4.69, 9.17) is 11.6 Å². The smallest absolute Gasteiger partial charge is 0.152 e. The molecule has 5 heteroatoms. The lowest BCUT2D eigenvalue weighted by atomic mass is 9.98. The average molecular weight is 349 g/mol. The molecule has 4 nitrogen and oxygen atoms in total. The zero-order chi connectivity index (χ0) is 17.2. The molecule has 4 rings (SSSR count). The first kappa shape index (κ1) is 15.8. The number of aromatic nitrogens is 4. The molecule has 0 aliphatic heterocycles. The normalized spacial score (nSPS) is 15.0. The lowest BCUT2D eigenvalue weighted by Crippen LogP contribution is -1.94. The molecule has 0 saturated carbocycles. The molecule has 0 saturated heterocycles. The van der Waals surface area contributed by atoms with Crippen molar-refractivity contribution in [3.63, 3.8) is 0 Å². The maximum Gasteiger partial charge on any atom is 0.152 e. The number of tetrazole rings is 1. The monoisotopic (exact) mass is 348 g/mol. The zero-order valence-corrected chi connectivity index (χ0v) is 14.6. The van der Waals surface area contributed by atoms with Crippen molar-refractivity contribution in [3.05, 3.63) is 81.6 Å². The van der Waals surface area contributed by atoms with Gasteiger partial charge < -0.3 is 0 Å². The number of halogens is 1. The van der Waals surface area contributed by atoms with Crippen molar-refractivity contribution in [3.8, 4) is 0 Å². The number of fused-ring (bicyclic) bond motifs is 1. The summed E-state index contributed by atoms with van der Waals surface area (Å²) in [4.78, 5) is 0. The summed E-state index contributed by atoms with van der Waals surface area (Å²) < 4.78 is 0. The summed E-state index contributed by atoms with van der Waals surface area (Å²) >= 11 is 6.02. The summed E-state index contributed by atoms with van der Waals surface area (Å²) in [6, 6.07) is 16.4. The third-order valence-electron chi connectivity index (χ3n) is 4.50. The van der Waals surface area contributed by atoms with Crippen molar-refractivity contribution in [2.45, 2.75) is 19.8 Å². The Balaban J connectivity index is 1.85. The molecule has 1 aliphatic rings. The summed E-state index contributed by atoms with van der Waals surface area (Å²) in [5.74, 6) is 0.781. The van der Waals surface area contributed by atoms with Gasteiger partial charge in [0.15, 0.2) is 5.82 Å². The maximum absolute atomic E-state index is 6.02. The second-order valence-corrected chi connectivity index (χ2v) is 6.43. The fourth-order valence-corrected chi connectivity index (χ4v) is 3.51. The number of H-pyrrole nitrogens is 1. The summed E-state index contributed by atoms with van der Waals surface area (Å²) in [5, 5.41) is 15.1. The summed E-state index contributed by atoms with van der Waals surface area (Å²) in [6.45, 7) is 2.19. The lowest BCUT2D eigenvalue weighted by Gasteiger charge is -2.07. The Hall–Kier alpha value is -2.72. The van der Waals surface area contributed by atoms with Gasteiger partial charge in [0.25, 0.3) is 0 Å². The average Bonchev–Trinajstić information content (AvgIpc) is 3.24. The topological polar surface area (TPSA) is 54.5 Å². The molecule has 1 N–H and O–H groups in total. The number of hydrogen-bond acceptors (Lipinski definition) is 3. The molecule has 1 aliphatic carbocycles. The predicted molar refractivity (Wildman–Crippen MR) is 101 cm³/mol. The maximum atomic E-state index is 6.02. The molecular formula is C20H17ClN4. The van der Waals surface area contributed by atoms with E-state index in [1.54, 1.807) is 0 Å². The number of nitrogens with one attached hydrogen (secondary N) is 1. The van der Waals surface area contributed by atoms with E-state index in [-0.39, 0.29) is 0 Å². The van der Waals surface area contributed by atoms with Gasteiger partial charge in [-0.1, -0.05) is 54.9 Å². The number of aromatic amines is 1. The number of benzene rings is 2. The van der Waals surface area contributed by atoms with E-state index in [0.29, 0.717) is 6.42 Å². The molecular weight excluding hydrogens is 332 g/mol. The number of rotatable bonds is 4. The summed E-state index contributed by atoms with van der Waals surface area (Å²) in [7, 11) is 0. The van der Waals surface area contributed by atoms with E-state index in [9.17, 15) is 0 Å². The van der Waals surface area contributed by atoms with E-state index in [2.05, 4.69) is 57.9 Å². The Morgan fingerprint density at radius 2 is 1.76 bits per heavy atom. The standard InChI is InChI=1S/C20H17ClN4/c1-2-15-18(11-13-7-9-14(21)10-8-13)16-5-3-4-6-17(16)19(15)12-20-22-24-25-23-20/h3-11H,2,12H2,1H3,(H,22,23,24,25). The second kappa shape index (κ2) is 6.65. The molecule has 1 heterocycles. The van der Waals surface area contributed by atoms with Gasteiger partial charge in [-0.05, 0) is 68.5 Å². The number of allylic oxidation sites excluding steroid dienone is 3. The van der Waals surface area contributed by atoms with Crippen molar-refractivity contribution >= 4 is 28.8 Å². The predicted octanol–water partition coefficient (Wildman–Crippen LogP) is 4.81. The van der Waals surface area contributed by atoms with E-state index in [1.807, 2.05) is 24.3 Å². The summed E-state index contributed by atoms with van der Waals surface area (Å²) in [5.41, 5.74) is 7.56. The minimum absolute atomic E-state index is 0.700. The second-order valence-electron chi connectivity index (χ2n) is 5.99. The van der Waals surface area contributed by atoms with Gasteiger partial charge in [-0.3, -0.25) is 0 Å². The van der Waals surface area contributed by atoms with Crippen molar-refractivity contribution in [2.24, 2.45) is 0 Å². The summed E-state index contributed by atoms with van der Waals surface area (Å²) in [6.07, 6.45) is 3.88. The zero-order valence-electron chi connectivity index (χ0n) is 13.8. The molecule has 0 spiro atoms. The van der Waals surface area contributed by atoms with Crippen molar-refractivity contribution < 1.29 is 0 Å². The first-order valence-corrected chi connectivity index (χ1v) is 8.66. The molecule has 0 radical (unpaired) electrons. The molecule has 25 heavy (non-hydrogen) atoms. The van der Waals surface area contributed by atoms with Crippen molar-refractivity contribution in [2.75, 3.05) is 0 Å². The first-order chi connectivity index (χ1) is 12.3. The van der Waals surface area contributed by atoms with Crippen molar-refractivity contribution in [1.82, 2.24) is 20.6 Å². The van der Waals surface area contributed by atoms with Crippen LogP contribution in [0.1, 0.15) is 35.9 Å². The van der Waals surface area contributed by atoms with Crippen LogP contribution in [0.2, 0.25) is 5.02 Å². The van der Waals surface area contributed by atoms with Crippen molar-refractivity contribution in [1.29, 1.82) is 0 Å². The highest BCUT2D eigenvalue weighted by Crippen LogP contribution is 2.44. The van der Waals surface area contributed by atoms with Crippen LogP contribution < -0.4 is 0 Å². The third kappa shape index (κ3) is 3.01. The largest absolute Gasteiger partial charge is 0.243 e. The lowest BCUT2D eigenvalue weighted by molar-refractivity contribution is 0.881. The Bertz CT molecular complexity index is 954. The Labute approximate surface area is 151 Å². The molecule has 2 aromatic carbocycles. The van der Waals surface area contributed by atoms with Crippen LogP contribution in [0.5, 0.6) is 0 Å². The SMILES string of the molecule is CCC1=C(Cc2nnn[nH]2)c2ccccc2C1=Cc1ccc(Cl)cc1. The van der Waals surface area contributed by atoms with Gasteiger partial charge in [0.1, 0.15) is 0 Å². The quantitative estimate of drug-likeness (QED) is 0.735. The van der Waals surface area contributed by atoms with Gasteiger partial charge >= 0.3 is 0 Å². The molecule has 3 aromatic rings. The van der Waals surface area contributed by atoms with Gasteiger partial charge in [-0.25, -0.2) is 5.10 Å². The Morgan fingerprint density at radius 1 is 1.00 bits per heavy atom. The molecule has 0 amide bonds. The molecule has 0 unspecified atom stereocenters.